The zero-order chi connectivity index (χ0) is 7.11. The molecular formula is C8H10O. The van der Waals surface area contributed by atoms with Crippen LogP contribution in [0.15, 0.2) is 12.2 Å². The second-order valence-corrected chi connectivity index (χ2v) is 1.72. The van der Waals surface area contributed by atoms with Crippen molar-refractivity contribution in [3.63, 3.8) is 0 Å². The first-order valence-electron chi connectivity index (χ1n) is 2.96. The minimum Gasteiger partial charge on any atom is -0.295 e. The summed E-state index contributed by atoms with van der Waals surface area (Å²) < 4.78 is 0. The molecule has 1 nitrogen and oxygen atoms in total. The fourth-order valence-corrected chi connectivity index (χ4v) is 0.471. The van der Waals surface area contributed by atoms with E-state index >= 15 is 0 Å². The predicted molar refractivity (Wildman–Crippen MR) is 37.9 cm³/mol. The molecule has 48 valence electrons. The fraction of sp³-hybridized carbons (Fsp3) is 0.375. The van der Waals surface area contributed by atoms with Crippen LogP contribution >= 0.6 is 0 Å². The lowest BCUT2D eigenvalue weighted by atomic mass is 10.2. The average Bonchev–Trinajstić information content (AvgIpc) is 1.85. The summed E-state index contributed by atoms with van der Waals surface area (Å²) >= 11 is 0. The van der Waals surface area contributed by atoms with E-state index in [-0.39, 0.29) is 5.78 Å². The normalized spacial score (nSPS) is 9.33. The topological polar surface area (TPSA) is 17.1 Å². The Labute approximate surface area is 55.8 Å². The molecule has 0 unspecified atom stereocenters. The van der Waals surface area contributed by atoms with Gasteiger partial charge < -0.3 is 0 Å². The van der Waals surface area contributed by atoms with Crippen molar-refractivity contribution in [1.82, 2.24) is 0 Å². The molecule has 0 saturated heterocycles. The Morgan fingerprint density at radius 2 is 2.44 bits per heavy atom. The fourth-order valence-electron chi connectivity index (χ4n) is 0.471. The number of allylic oxidation sites excluding steroid dienone is 2. The molecule has 0 heterocycles. The molecule has 0 aromatic heterocycles. The van der Waals surface area contributed by atoms with Crippen LogP contribution in [0.5, 0.6) is 0 Å². The molecule has 0 fully saturated rings. The van der Waals surface area contributed by atoms with Crippen LogP contribution in [-0.4, -0.2) is 5.78 Å². The van der Waals surface area contributed by atoms with Gasteiger partial charge in [0, 0.05) is 6.42 Å². The van der Waals surface area contributed by atoms with Crippen LogP contribution < -0.4 is 0 Å². The zero-order valence-corrected chi connectivity index (χ0v) is 5.55. The Morgan fingerprint density at radius 3 is 2.89 bits per heavy atom. The quantitative estimate of drug-likeness (QED) is 0.410. The molecule has 0 aliphatic carbocycles. The van der Waals surface area contributed by atoms with Gasteiger partial charge in [-0.1, -0.05) is 12.8 Å². The minimum atomic E-state index is 0.107. The van der Waals surface area contributed by atoms with Crippen LogP contribution in [0.2, 0.25) is 0 Å². The molecule has 0 amide bonds. The molecule has 0 rings (SSSR count). The average molecular weight is 122 g/mol. The Hall–Kier alpha value is -1.03. The molecule has 0 radical (unpaired) electrons. The van der Waals surface area contributed by atoms with Crippen molar-refractivity contribution in [2.75, 3.05) is 0 Å². The molecule has 0 spiro atoms. The monoisotopic (exact) mass is 122 g/mol. The Balaban J connectivity index is 3.53. The van der Waals surface area contributed by atoms with E-state index in [9.17, 15) is 4.79 Å². The maximum atomic E-state index is 10.6. The van der Waals surface area contributed by atoms with Crippen LogP contribution in [0.1, 0.15) is 19.8 Å². The van der Waals surface area contributed by atoms with Gasteiger partial charge in [0.25, 0.3) is 0 Å². The van der Waals surface area contributed by atoms with Gasteiger partial charge in [0.1, 0.15) is 0 Å². The maximum Gasteiger partial charge on any atom is 0.156 e. The lowest BCUT2D eigenvalue weighted by Crippen LogP contribution is -1.88. The van der Waals surface area contributed by atoms with E-state index in [2.05, 4.69) is 5.92 Å². The van der Waals surface area contributed by atoms with E-state index in [1.807, 2.05) is 6.92 Å². The number of hydrogen-bond donors (Lipinski definition) is 0. The van der Waals surface area contributed by atoms with E-state index in [0.29, 0.717) is 6.42 Å². The lowest BCUT2D eigenvalue weighted by Gasteiger charge is -1.84. The van der Waals surface area contributed by atoms with E-state index in [0.717, 1.165) is 6.42 Å². The molecule has 0 saturated carbocycles. The Morgan fingerprint density at radius 1 is 1.78 bits per heavy atom. The van der Waals surface area contributed by atoms with Gasteiger partial charge in [-0.25, -0.2) is 0 Å². The molecule has 1 heteroatoms. The summed E-state index contributed by atoms with van der Waals surface area (Å²) in [6.07, 6.45) is 9.22. The zero-order valence-electron chi connectivity index (χ0n) is 5.55. The van der Waals surface area contributed by atoms with Crippen molar-refractivity contribution in [3.8, 4) is 12.3 Å². The molecule has 9 heavy (non-hydrogen) atoms. The smallest absolute Gasteiger partial charge is 0.156 e. The Kier molecular flexibility index (Phi) is 4.53. The Bertz CT molecular complexity index is 148. The number of carbonyl (C=O) groups is 1. The van der Waals surface area contributed by atoms with Crippen molar-refractivity contribution in [1.29, 1.82) is 0 Å². The standard InChI is InChI=1S/C8H10O/c1-3-5-7-8(9)6-4-2/h1,5,7H,4,6H2,2H3/b7-5+. The highest BCUT2D eigenvalue weighted by atomic mass is 16.1. The summed E-state index contributed by atoms with van der Waals surface area (Å²) in [6.45, 7) is 1.96. The van der Waals surface area contributed by atoms with Crippen molar-refractivity contribution in [2.24, 2.45) is 0 Å². The van der Waals surface area contributed by atoms with Crippen molar-refractivity contribution in [2.45, 2.75) is 19.8 Å². The van der Waals surface area contributed by atoms with Crippen molar-refractivity contribution >= 4 is 5.78 Å². The molecule has 0 bridgehead atoms. The molecule has 0 aromatic rings. The number of rotatable bonds is 3. The predicted octanol–water partition coefficient (Wildman–Crippen LogP) is 1.54. The minimum absolute atomic E-state index is 0.107. The van der Waals surface area contributed by atoms with Gasteiger partial charge >= 0.3 is 0 Å². The van der Waals surface area contributed by atoms with Crippen LogP contribution in [0.3, 0.4) is 0 Å². The van der Waals surface area contributed by atoms with Gasteiger partial charge in [-0.3, -0.25) is 4.79 Å². The lowest BCUT2D eigenvalue weighted by molar-refractivity contribution is -0.114. The van der Waals surface area contributed by atoms with Gasteiger partial charge in [0.15, 0.2) is 5.78 Å². The van der Waals surface area contributed by atoms with Crippen LogP contribution in [-0.2, 0) is 4.79 Å². The molecule has 0 atom stereocenters. The van der Waals surface area contributed by atoms with Gasteiger partial charge in [-0.05, 0) is 18.6 Å². The highest BCUT2D eigenvalue weighted by Gasteiger charge is 1.89. The molecule has 0 aromatic carbocycles. The van der Waals surface area contributed by atoms with Gasteiger partial charge in [-0.15, -0.1) is 6.42 Å². The third kappa shape index (κ3) is 4.83. The first-order chi connectivity index (χ1) is 4.31. The van der Waals surface area contributed by atoms with Crippen molar-refractivity contribution in [3.05, 3.63) is 12.2 Å². The highest BCUT2D eigenvalue weighted by molar-refractivity contribution is 5.89. The second kappa shape index (κ2) is 5.11. The van der Waals surface area contributed by atoms with Crippen molar-refractivity contribution < 1.29 is 4.79 Å². The van der Waals surface area contributed by atoms with Crippen LogP contribution in [0, 0.1) is 12.3 Å². The summed E-state index contributed by atoms with van der Waals surface area (Å²) in [6, 6.07) is 0. The number of ketones is 1. The summed E-state index contributed by atoms with van der Waals surface area (Å²) in [7, 11) is 0. The van der Waals surface area contributed by atoms with Crippen LogP contribution in [0.4, 0.5) is 0 Å². The first-order valence-corrected chi connectivity index (χ1v) is 2.96. The largest absolute Gasteiger partial charge is 0.295 e. The van der Waals surface area contributed by atoms with E-state index in [1.54, 1.807) is 0 Å². The summed E-state index contributed by atoms with van der Waals surface area (Å²) in [4.78, 5) is 10.6. The third-order valence-corrected chi connectivity index (χ3v) is 0.862. The van der Waals surface area contributed by atoms with E-state index in [1.165, 1.54) is 12.2 Å². The first kappa shape index (κ1) is 7.97. The summed E-state index contributed by atoms with van der Waals surface area (Å²) in [5.74, 6) is 2.36. The number of hydrogen-bond acceptors (Lipinski definition) is 1. The molecule has 0 aliphatic heterocycles. The summed E-state index contributed by atoms with van der Waals surface area (Å²) in [5.41, 5.74) is 0. The highest BCUT2D eigenvalue weighted by Crippen LogP contribution is 1.89. The number of carbonyl (C=O) groups excluding carboxylic acids is 1. The third-order valence-electron chi connectivity index (χ3n) is 0.862. The van der Waals surface area contributed by atoms with Crippen LogP contribution in [0.25, 0.3) is 0 Å². The second-order valence-electron chi connectivity index (χ2n) is 1.72. The number of terminal acetylenes is 1. The van der Waals surface area contributed by atoms with Gasteiger partial charge in [-0.2, -0.15) is 0 Å². The molecular weight excluding hydrogens is 112 g/mol. The SMILES string of the molecule is C#C/C=C/C(=O)CCC. The van der Waals surface area contributed by atoms with Gasteiger partial charge in [0.2, 0.25) is 0 Å². The van der Waals surface area contributed by atoms with E-state index < -0.39 is 0 Å². The maximum absolute atomic E-state index is 10.6. The van der Waals surface area contributed by atoms with E-state index in [4.69, 9.17) is 6.42 Å². The molecule has 0 N–H and O–H groups in total. The molecule has 0 aliphatic rings. The summed E-state index contributed by atoms with van der Waals surface area (Å²) in [5, 5.41) is 0. The van der Waals surface area contributed by atoms with Gasteiger partial charge in [0.05, 0.1) is 0 Å².